The zero-order valence-electron chi connectivity index (χ0n) is 16.4. The third-order valence-corrected chi connectivity index (χ3v) is 7.31. The Balaban J connectivity index is 1.18. The van der Waals surface area contributed by atoms with Crippen molar-refractivity contribution in [1.82, 2.24) is 14.7 Å². The number of carbonyl (C=O) groups excluding carboxylic acids is 1. The van der Waals surface area contributed by atoms with E-state index in [0.29, 0.717) is 38.8 Å². The molecule has 3 heterocycles. The molecule has 0 aromatic rings. The Labute approximate surface area is 170 Å². The highest BCUT2D eigenvalue weighted by molar-refractivity contribution is 8.03. The Morgan fingerprint density at radius 3 is 2.64 bits per heavy atom. The number of likely N-dealkylation sites (tertiary alicyclic amines) is 1. The van der Waals surface area contributed by atoms with Gasteiger partial charge in [-0.1, -0.05) is 6.08 Å². The van der Waals surface area contributed by atoms with Crippen molar-refractivity contribution in [2.75, 3.05) is 45.8 Å². The molecule has 0 aromatic carbocycles. The van der Waals surface area contributed by atoms with Gasteiger partial charge in [0.1, 0.15) is 5.83 Å². The molecule has 28 heavy (non-hydrogen) atoms. The molecule has 7 heteroatoms. The standard InChI is InChI=1S/C21H30FN3O2S/c22-16-3-4-18-19(15-28-20(18)14-16)24-12-10-23(11-13-24)7-1-2-21(27)25-8-5-17(26)6-9-25/h3-4,15,17,20,26H,1-2,5-14H2. The van der Waals surface area contributed by atoms with Gasteiger partial charge in [-0.05, 0) is 42.9 Å². The van der Waals surface area contributed by atoms with Gasteiger partial charge in [0, 0.05) is 63.1 Å². The molecule has 154 valence electrons. The van der Waals surface area contributed by atoms with Gasteiger partial charge in [-0.3, -0.25) is 9.69 Å². The molecule has 0 saturated carbocycles. The van der Waals surface area contributed by atoms with Gasteiger partial charge < -0.3 is 14.9 Å². The van der Waals surface area contributed by atoms with Crippen molar-refractivity contribution in [2.24, 2.45) is 0 Å². The van der Waals surface area contributed by atoms with Crippen LogP contribution in [0.4, 0.5) is 4.39 Å². The molecule has 2 saturated heterocycles. The molecule has 2 fully saturated rings. The summed E-state index contributed by atoms with van der Waals surface area (Å²) in [7, 11) is 0. The molecule has 5 nitrogen and oxygen atoms in total. The first-order valence-electron chi connectivity index (χ1n) is 10.5. The number of piperidine rings is 1. The fourth-order valence-corrected chi connectivity index (χ4v) is 5.61. The van der Waals surface area contributed by atoms with E-state index in [-0.39, 0.29) is 23.1 Å². The molecule has 4 aliphatic rings. The predicted molar refractivity (Wildman–Crippen MR) is 110 cm³/mol. The van der Waals surface area contributed by atoms with Crippen LogP contribution < -0.4 is 0 Å². The third kappa shape index (κ3) is 4.63. The number of halogens is 1. The van der Waals surface area contributed by atoms with Gasteiger partial charge >= 0.3 is 0 Å². The highest BCUT2D eigenvalue weighted by Crippen LogP contribution is 2.42. The second kappa shape index (κ2) is 9.01. The lowest BCUT2D eigenvalue weighted by atomic mass is 10.0. The maximum atomic E-state index is 13.5. The summed E-state index contributed by atoms with van der Waals surface area (Å²) in [6, 6.07) is 0. The van der Waals surface area contributed by atoms with Crippen LogP contribution in [0.25, 0.3) is 0 Å². The Morgan fingerprint density at radius 1 is 1.14 bits per heavy atom. The van der Waals surface area contributed by atoms with E-state index in [9.17, 15) is 14.3 Å². The Bertz CT molecular complexity index is 677. The normalized spacial score (nSPS) is 26.6. The Hall–Kier alpha value is -1.31. The highest BCUT2D eigenvalue weighted by Gasteiger charge is 2.31. The second-order valence-electron chi connectivity index (χ2n) is 8.11. The quantitative estimate of drug-likeness (QED) is 0.759. The van der Waals surface area contributed by atoms with Crippen molar-refractivity contribution in [3.05, 3.63) is 34.7 Å². The van der Waals surface area contributed by atoms with E-state index < -0.39 is 0 Å². The lowest BCUT2D eigenvalue weighted by Crippen LogP contribution is -2.46. The number of aliphatic hydroxyl groups excluding tert-OH is 1. The molecule has 1 atom stereocenters. The van der Waals surface area contributed by atoms with Crippen LogP contribution in [0.1, 0.15) is 32.1 Å². The smallest absolute Gasteiger partial charge is 0.222 e. The fraction of sp³-hybridized carbons (Fsp3) is 0.667. The van der Waals surface area contributed by atoms with Crippen LogP contribution in [0.5, 0.6) is 0 Å². The average molecular weight is 408 g/mol. The molecule has 1 unspecified atom stereocenters. The second-order valence-corrected chi connectivity index (χ2v) is 9.19. The van der Waals surface area contributed by atoms with Gasteiger partial charge in [0.05, 0.1) is 6.10 Å². The van der Waals surface area contributed by atoms with Crippen LogP contribution in [-0.2, 0) is 4.79 Å². The molecule has 0 bridgehead atoms. The summed E-state index contributed by atoms with van der Waals surface area (Å²) in [5.74, 6) is 0.213. The van der Waals surface area contributed by atoms with E-state index >= 15 is 0 Å². The summed E-state index contributed by atoms with van der Waals surface area (Å²) in [5, 5.41) is 12.0. The van der Waals surface area contributed by atoms with E-state index in [1.54, 1.807) is 17.8 Å². The molecule has 1 N–H and O–H groups in total. The maximum absolute atomic E-state index is 13.5. The zero-order valence-corrected chi connectivity index (χ0v) is 17.2. The molecular formula is C21H30FN3O2S. The SMILES string of the molecule is O=C(CCCN1CCN(C2=CSC3CC(F)=CC=C23)CC1)N1CCC(O)CC1. The first kappa shape index (κ1) is 20.0. The number of aliphatic hydroxyl groups is 1. The first-order chi connectivity index (χ1) is 13.6. The van der Waals surface area contributed by atoms with Crippen LogP contribution in [-0.4, -0.2) is 82.9 Å². The highest BCUT2D eigenvalue weighted by atomic mass is 32.2. The number of hydrogen-bond acceptors (Lipinski definition) is 5. The van der Waals surface area contributed by atoms with Crippen molar-refractivity contribution in [1.29, 1.82) is 0 Å². The fourth-order valence-electron chi connectivity index (χ4n) is 4.43. The summed E-state index contributed by atoms with van der Waals surface area (Å²) in [5.41, 5.74) is 2.55. The van der Waals surface area contributed by atoms with Crippen molar-refractivity contribution in [2.45, 2.75) is 43.5 Å². The number of hydrogen-bond donors (Lipinski definition) is 1. The average Bonchev–Trinajstić information content (AvgIpc) is 3.12. The molecule has 3 aliphatic heterocycles. The van der Waals surface area contributed by atoms with Crippen molar-refractivity contribution < 1.29 is 14.3 Å². The van der Waals surface area contributed by atoms with Gasteiger partial charge in [-0.2, -0.15) is 0 Å². The van der Waals surface area contributed by atoms with Gasteiger partial charge in [-0.25, -0.2) is 4.39 Å². The van der Waals surface area contributed by atoms with Crippen molar-refractivity contribution in [3.8, 4) is 0 Å². The summed E-state index contributed by atoms with van der Waals surface area (Å²) >= 11 is 1.74. The van der Waals surface area contributed by atoms with Crippen molar-refractivity contribution in [3.63, 3.8) is 0 Å². The molecule has 4 rings (SSSR count). The number of fused-ring (bicyclic) bond motifs is 1. The van der Waals surface area contributed by atoms with E-state index in [1.807, 2.05) is 11.0 Å². The molecule has 0 spiro atoms. The lowest BCUT2D eigenvalue weighted by molar-refractivity contribution is -0.133. The number of thioether (sulfide) groups is 1. The predicted octanol–water partition coefficient (Wildman–Crippen LogP) is 2.51. The number of rotatable bonds is 5. The molecule has 1 aliphatic carbocycles. The molecular weight excluding hydrogens is 377 g/mol. The van der Waals surface area contributed by atoms with Crippen LogP contribution >= 0.6 is 11.8 Å². The van der Waals surface area contributed by atoms with E-state index in [0.717, 1.165) is 39.1 Å². The minimum atomic E-state index is -0.233. The van der Waals surface area contributed by atoms with Crippen molar-refractivity contribution >= 4 is 17.7 Å². The number of amides is 1. The monoisotopic (exact) mass is 407 g/mol. The Kier molecular flexibility index (Phi) is 6.43. The minimum absolute atomic E-state index is 0.0176. The van der Waals surface area contributed by atoms with Gasteiger partial charge in [0.15, 0.2) is 0 Å². The van der Waals surface area contributed by atoms with E-state index in [2.05, 4.69) is 15.2 Å². The van der Waals surface area contributed by atoms with Gasteiger partial charge in [0.2, 0.25) is 5.91 Å². The number of nitrogens with zero attached hydrogens (tertiary/aromatic N) is 3. The topological polar surface area (TPSA) is 47.0 Å². The van der Waals surface area contributed by atoms with Crippen LogP contribution in [0, 0.1) is 0 Å². The number of piperazine rings is 1. The Morgan fingerprint density at radius 2 is 1.89 bits per heavy atom. The zero-order chi connectivity index (χ0) is 19.5. The largest absolute Gasteiger partial charge is 0.393 e. The van der Waals surface area contributed by atoms with Crippen LogP contribution in [0.3, 0.4) is 0 Å². The maximum Gasteiger partial charge on any atom is 0.222 e. The molecule has 1 amide bonds. The first-order valence-corrected chi connectivity index (χ1v) is 11.4. The van der Waals surface area contributed by atoms with E-state index in [1.165, 1.54) is 11.3 Å². The summed E-state index contributed by atoms with van der Waals surface area (Å²) < 4.78 is 13.5. The van der Waals surface area contributed by atoms with E-state index in [4.69, 9.17) is 0 Å². The summed E-state index contributed by atoms with van der Waals surface area (Å²) in [6.45, 7) is 6.34. The summed E-state index contributed by atoms with van der Waals surface area (Å²) in [6.07, 6.45) is 6.76. The number of allylic oxidation sites excluding steroid dienone is 4. The number of carbonyl (C=O) groups is 1. The summed E-state index contributed by atoms with van der Waals surface area (Å²) in [4.78, 5) is 19.1. The van der Waals surface area contributed by atoms with Crippen LogP contribution in [0.15, 0.2) is 34.7 Å². The molecule has 0 aromatic heterocycles. The molecule has 0 radical (unpaired) electrons. The minimum Gasteiger partial charge on any atom is -0.393 e. The lowest BCUT2D eigenvalue weighted by Gasteiger charge is -2.37. The third-order valence-electron chi connectivity index (χ3n) is 6.21. The van der Waals surface area contributed by atoms with Gasteiger partial charge in [0.25, 0.3) is 0 Å². The van der Waals surface area contributed by atoms with Crippen LogP contribution in [0.2, 0.25) is 0 Å². The van der Waals surface area contributed by atoms with Gasteiger partial charge in [-0.15, -0.1) is 11.8 Å².